The van der Waals surface area contributed by atoms with Crippen LogP contribution < -0.4 is 5.32 Å². The first kappa shape index (κ1) is 52.8. The first-order chi connectivity index (χ1) is 23.9. The summed E-state index contributed by atoms with van der Waals surface area (Å²) in [5, 5.41) is 3.19. The maximum absolute atomic E-state index is 12.2. The summed E-state index contributed by atoms with van der Waals surface area (Å²) in [5.41, 5.74) is 8.93. The molecule has 2 atom stereocenters. The van der Waals surface area contributed by atoms with Crippen LogP contribution in [0.4, 0.5) is 8.92 Å². The Bertz CT molecular complexity index is 1100. The zero-order valence-corrected chi connectivity index (χ0v) is 35.8. The van der Waals surface area contributed by atoms with Crippen LogP contribution in [0.3, 0.4) is 0 Å². The molecular weight excluding hydrogens is 642 g/mol. The quantitative estimate of drug-likeness (QED) is 0.120. The molecule has 5 nitrogen and oxygen atoms in total. The van der Waals surface area contributed by atoms with Gasteiger partial charge < -0.3 is 10.2 Å². The number of carbonyl (C=O) groups is 2. The van der Waals surface area contributed by atoms with Crippen molar-refractivity contribution in [1.82, 2.24) is 10.2 Å². The number of halogens is 2. The van der Waals surface area contributed by atoms with E-state index in [1.807, 2.05) is 13.0 Å². The minimum Gasteiger partial charge on any atom is -0.381 e. The van der Waals surface area contributed by atoms with Gasteiger partial charge in [-0.15, -0.1) is 0 Å². The lowest BCUT2D eigenvalue weighted by molar-refractivity contribution is -0.191. The highest BCUT2D eigenvalue weighted by Crippen LogP contribution is 2.46. The second-order valence-corrected chi connectivity index (χ2v) is 14.5. The number of rotatable bonds is 17. The molecule has 1 fully saturated rings. The molecule has 0 radical (unpaired) electrons. The standard InChI is InChI=1S/C17H29N.C15H23NO2.C5H10F2O.C4H10.C3H8/c1-7-9-16(15(5)14(3)4)18(12-8-2)13-17(6)10-11-17;1-5-10(2)15(12(4)18)13-7-6-8-14(13)16-9-11(3)17;1-3-5(6)4(2)8-7;1-3-4-2;1-3-2/h7,9H,1,8,10-13H2,2-6H3;16H,5-9H2,1-4H3;4-5H,3H2,1-2H3;3-4H2,1-2H3;3H2,1-2H3/b16-9+;;;;. The molecular formula is C44H80F2N2O3. The van der Waals surface area contributed by atoms with E-state index in [1.165, 1.54) is 68.8 Å². The van der Waals surface area contributed by atoms with Gasteiger partial charge in [-0.3, -0.25) is 9.59 Å². The Morgan fingerprint density at radius 1 is 0.961 bits per heavy atom. The van der Waals surface area contributed by atoms with Crippen LogP contribution in [0.2, 0.25) is 0 Å². The Balaban J connectivity index is -0.000000652. The Morgan fingerprint density at radius 3 is 1.84 bits per heavy atom. The molecule has 0 saturated heterocycles. The third-order valence-corrected chi connectivity index (χ3v) is 8.84. The highest BCUT2D eigenvalue weighted by atomic mass is 19.3. The number of hydrogen-bond acceptors (Lipinski definition) is 5. The molecule has 1 saturated carbocycles. The number of allylic oxidation sites excluding steroid dienone is 8. The van der Waals surface area contributed by atoms with Crippen molar-refractivity contribution in [2.24, 2.45) is 5.41 Å². The molecule has 0 spiro atoms. The second kappa shape index (κ2) is 31.0. The minimum absolute atomic E-state index is 0.120. The van der Waals surface area contributed by atoms with Gasteiger partial charge in [0.15, 0.2) is 5.78 Å². The van der Waals surface area contributed by atoms with E-state index in [0.717, 1.165) is 54.6 Å². The normalized spacial score (nSPS) is 15.7. The zero-order valence-electron chi connectivity index (χ0n) is 35.8. The molecule has 0 aromatic carbocycles. The summed E-state index contributed by atoms with van der Waals surface area (Å²) in [4.78, 5) is 28.6. The molecule has 2 aliphatic carbocycles. The maximum atomic E-state index is 12.2. The fourth-order valence-corrected chi connectivity index (χ4v) is 5.00. The van der Waals surface area contributed by atoms with Gasteiger partial charge in [0.05, 0.1) is 6.54 Å². The number of nitrogens with zero attached hydrogens (tertiary/aromatic N) is 1. The third kappa shape index (κ3) is 24.4. The fourth-order valence-electron chi connectivity index (χ4n) is 5.00. The van der Waals surface area contributed by atoms with Crippen LogP contribution in [-0.2, 0) is 14.5 Å². The topological polar surface area (TPSA) is 58.6 Å². The number of Topliss-reactive ketones (excluding diaryl/α,β-unsaturated/α-hetero) is 2. The van der Waals surface area contributed by atoms with Crippen molar-refractivity contribution < 1.29 is 23.4 Å². The fraction of sp³-hybridized carbons (Fsp3) is 0.727. The van der Waals surface area contributed by atoms with Crippen molar-refractivity contribution >= 4 is 11.6 Å². The number of ketones is 2. The number of hydrogen-bond donors (Lipinski definition) is 1. The molecule has 0 aliphatic heterocycles. The van der Waals surface area contributed by atoms with Crippen LogP contribution in [0.1, 0.15) is 174 Å². The van der Waals surface area contributed by atoms with Crippen molar-refractivity contribution in [2.75, 3.05) is 19.6 Å². The second-order valence-electron chi connectivity index (χ2n) is 14.5. The largest absolute Gasteiger partial charge is 0.381 e. The average molecular weight is 723 g/mol. The molecule has 0 heterocycles. The minimum atomic E-state index is -1.18. The molecule has 2 aliphatic rings. The highest BCUT2D eigenvalue weighted by molar-refractivity contribution is 5.98. The predicted molar refractivity (Wildman–Crippen MR) is 218 cm³/mol. The third-order valence-electron chi connectivity index (χ3n) is 8.84. The highest BCUT2D eigenvalue weighted by Gasteiger charge is 2.39. The van der Waals surface area contributed by atoms with E-state index in [-0.39, 0.29) is 11.6 Å². The number of carbonyl (C=O) groups excluding carboxylic acids is 2. The van der Waals surface area contributed by atoms with Crippen LogP contribution in [0.25, 0.3) is 0 Å². The average Bonchev–Trinajstić information content (AvgIpc) is 3.65. The van der Waals surface area contributed by atoms with Crippen LogP contribution in [0.15, 0.2) is 58.0 Å². The number of nitrogens with one attached hydrogen (secondary N) is 1. The Labute approximate surface area is 314 Å². The van der Waals surface area contributed by atoms with Gasteiger partial charge in [-0.1, -0.05) is 98.5 Å². The van der Waals surface area contributed by atoms with E-state index in [2.05, 4.69) is 97.1 Å². The molecule has 0 aromatic rings. The molecule has 0 amide bonds. The lowest BCUT2D eigenvalue weighted by Gasteiger charge is -2.31. The van der Waals surface area contributed by atoms with Gasteiger partial charge in [-0.2, -0.15) is 4.94 Å². The monoisotopic (exact) mass is 723 g/mol. The van der Waals surface area contributed by atoms with Crippen molar-refractivity contribution in [2.45, 2.75) is 187 Å². The Morgan fingerprint density at radius 2 is 1.51 bits per heavy atom. The SMILES string of the molecule is C=C/C=C(\C(C)=C(C)C)N(CCC)CC1(C)CC1.CCC.CCC(C)=C(C(C)=O)C1=C(NCC(C)=O)CCC1.CCC(F)C(C)OF.CCCC. The lowest BCUT2D eigenvalue weighted by Crippen LogP contribution is -2.30. The number of alkyl halides is 1. The predicted octanol–water partition coefficient (Wildman–Crippen LogP) is 13.1. The summed E-state index contributed by atoms with van der Waals surface area (Å²) in [5.74, 6) is 0.252. The summed E-state index contributed by atoms with van der Waals surface area (Å²) in [7, 11) is 0. The van der Waals surface area contributed by atoms with Crippen molar-refractivity contribution in [3.63, 3.8) is 0 Å². The van der Waals surface area contributed by atoms with Crippen molar-refractivity contribution in [1.29, 1.82) is 0 Å². The van der Waals surface area contributed by atoms with Gasteiger partial charge in [0, 0.05) is 30.1 Å². The lowest BCUT2D eigenvalue weighted by atomic mass is 9.95. The summed E-state index contributed by atoms with van der Waals surface area (Å²) in [6, 6.07) is 0. The summed E-state index contributed by atoms with van der Waals surface area (Å²) in [6.45, 7) is 36.7. The molecule has 0 aromatic heterocycles. The van der Waals surface area contributed by atoms with E-state index < -0.39 is 12.3 Å². The van der Waals surface area contributed by atoms with Gasteiger partial charge >= 0.3 is 0 Å². The first-order valence-corrected chi connectivity index (χ1v) is 19.7. The van der Waals surface area contributed by atoms with Gasteiger partial charge in [-0.05, 0) is 127 Å². The Kier molecular flexibility index (Phi) is 32.1. The molecule has 298 valence electrons. The van der Waals surface area contributed by atoms with E-state index in [4.69, 9.17) is 0 Å². The molecule has 1 N–H and O–H groups in total. The van der Waals surface area contributed by atoms with Crippen molar-refractivity contribution in [3.05, 3.63) is 58.0 Å². The maximum Gasteiger partial charge on any atom is 0.160 e. The van der Waals surface area contributed by atoms with Gasteiger partial charge in [0.1, 0.15) is 18.1 Å². The molecule has 7 heteroatoms. The smallest absolute Gasteiger partial charge is 0.160 e. The van der Waals surface area contributed by atoms with Crippen LogP contribution in [0, 0.1) is 5.41 Å². The summed E-state index contributed by atoms with van der Waals surface area (Å²) in [6.07, 6.45) is 13.9. The van der Waals surface area contributed by atoms with E-state index in [9.17, 15) is 18.5 Å². The van der Waals surface area contributed by atoms with Gasteiger partial charge in [0.2, 0.25) is 0 Å². The summed E-state index contributed by atoms with van der Waals surface area (Å²) >= 11 is 0. The van der Waals surface area contributed by atoms with E-state index in [1.54, 1.807) is 20.8 Å². The van der Waals surface area contributed by atoms with Crippen molar-refractivity contribution in [3.8, 4) is 0 Å². The molecule has 51 heavy (non-hydrogen) atoms. The first-order valence-electron chi connectivity index (χ1n) is 19.7. The van der Waals surface area contributed by atoms with Gasteiger partial charge in [-0.25, -0.2) is 4.39 Å². The van der Waals surface area contributed by atoms with Crippen LogP contribution in [-0.4, -0.2) is 48.4 Å². The van der Waals surface area contributed by atoms with E-state index in [0.29, 0.717) is 18.4 Å². The molecule has 2 rings (SSSR count). The summed E-state index contributed by atoms with van der Waals surface area (Å²) < 4.78 is 23.2. The zero-order chi connectivity index (χ0) is 40.2. The molecule has 2 unspecified atom stereocenters. The van der Waals surface area contributed by atoms with Gasteiger partial charge in [0.25, 0.3) is 0 Å². The Hall–Kier alpha value is -2.54. The van der Waals surface area contributed by atoms with Crippen LogP contribution >= 0.6 is 0 Å². The van der Waals surface area contributed by atoms with Crippen LogP contribution in [0.5, 0.6) is 0 Å². The van der Waals surface area contributed by atoms with E-state index >= 15 is 0 Å². The number of unbranched alkanes of at least 4 members (excludes halogenated alkanes) is 1. The molecule has 0 bridgehead atoms.